The molecule has 1 atom stereocenters. The van der Waals surface area contributed by atoms with Crippen molar-refractivity contribution in [2.45, 2.75) is 30.7 Å². The highest BCUT2D eigenvalue weighted by Gasteiger charge is 2.20. The summed E-state index contributed by atoms with van der Waals surface area (Å²) in [6, 6.07) is 13.5. The van der Waals surface area contributed by atoms with Gasteiger partial charge in [-0.3, -0.25) is 9.52 Å². The number of hydrogen-bond acceptors (Lipinski definition) is 4. The molecule has 1 amide bonds. The van der Waals surface area contributed by atoms with Crippen molar-refractivity contribution in [2.24, 2.45) is 0 Å². The van der Waals surface area contributed by atoms with Crippen LogP contribution in [0.2, 0.25) is 0 Å². The Morgan fingerprint density at radius 3 is 2.58 bits per heavy atom. The predicted octanol–water partition coefficient (Wildman–Crippen LogP) is 2.28. The van der Waals surface area contributed by atoms with E-state index in [1.54, 1.807) is 48.5 Å². The summed E-state index contributed by atoms with van der Waals surface area (Å²) < 4.78 is 27.7. The number of rotatable bonds is 6. The monoisotopic (exact) mass is 373 g/mol. The first kappa shape index (κ1) is 18.4. The Bertz CT molecular complexity index is 873. The SMILES string of the molecule is Cc1ccc(S(=O)(=O)Nc2ccccc2C(=O)NCC2CCCN2)cc1. The first-order valence-electron chi connectivity index (χ1n) is 8.66. The van der Waals surface area contributed by atoms with Gasteiger partial charge in [0.25, 0.3) is 15.9 Å². The zero-order valence-corrected chi connectivity index (χ0v) is 15.5. The molecule has 3 rings (SSSR count). The summed E-state index contributed by atoms with van der Waals surface area (Å²) in [5.74, 6) is -0.291. The van der Waals surface area contributed by atoms with E-state index in [4.69, 9.17) is 0 Å². The molecule has 1 heterocycles. The summed E-state index contributed by atoms with van der Waals surface area (Å²) in [5, 5.41) is 6.19. The molecule has 1 saturated heterocycles. The zero-order valence-electron chi connectivity index (χ0n) is 14.7. The van der Waals surface area contributed by atoms with Crippen molar-refractivity contribution in [2.75, 3.05) is 17.8 Å². The summed E-state index contributed by atoms with van der Waals surface area (Å²) in [6.45, 7) is 3.38. The second-order valence-corrected chi connectivity index (χ2v) is 8.15. The van der Waals surface area contributed by atoms with Crippen molar-refractivity contribution in [3.05, 3.63) is 59.7 Å². The smallest absolute Gasteiger partial charge is 0.261 e. The molecule has 1 fully saturated rings. The molecule has 1 unspecified atom stereocenters. The highest BCUT2D eigenvalue weighted by Crippen LogP contribution is 2.20. The molecule has 2 aromatic rings. The zero-order chi connectivity index (χ0) is 18.6. The van der Waals surface area contributed by atoms with Gasteiger partial charge >= 0.3 is 0 Å². The molecule has 138 valence electrons. The van der Waals surface area contributed by atoms with E-state index >= 15 is 0 Å². The minimum atomic E-state index is -3.76. The second-order valence-electron chi connectivity index (χ2n) is 6.47. The number of nitrogens with one attached hydrogen (secondary N) is 3. The Kier molecular flexibility index (Phi) is 5.58. The van der Waals surface area contributed by atoms with E-state index in [-0.39, 0.29) is 22.5 Å². The van der Waals surface area contributed by atoms with Gasteiger partial charge in [0, 0.05) is 12.6 Å². The number of benzene rings is 2. The summed E-state index contributed by atoms with van der Waals surface area (Å²) >= 11 is 0. The molecule has 1 aliphatic heterocycles. The molecule has 3 N–H and O–H groups in total. The average molecular weight is 373 g/mol. The summed E-state index contributed by atoms with van der Waals surface area (Å²) in [6.07, 6.45) is 2.13. The number of carbonyl (C=O) groups excluding carboxylic acids is 1. The van der Waals surface area contributed by atoms with Gasteiger partial charge in [-0.05, 0) is 50.6 Å². The van der Waals surface area contributed by atoms with Crippen LogP contribution in [0.25, 0.3) is 0 Å². The molecule has 2 aromatic carbocycles. The minimum absolute atomic E-state index is 0.161. The lowest BCUT2D eigenvalue weighted by molar-refractivity contribution is 0.0951. The average Bonchev–Trinajstić information content (AvgIpc) is 3.14. The van der Waals surface area contributed by atoms with Crippen molar-refractivity contribution in [3.63, 3.8) is 0 Å². The Morgan fingerprint density at radius 1 is 1.15 bits per heavy atom. The predicted molar refractivity (Wildman–Crippen MR) is 102 cm³/mol. The van der Waals surface area contributed by atoms with Gasteiger partial charge < -0.3 is 10.6 Å². The molecular weight excluding hydrogens is 350 g/mol. The lowest BCUT2D eigenvalue weighted by Crippen LogP contribution is -2.37. The number of carbonyl (C=O) groups is 1. The van der Waals surface area contributed by atoms with Gasteiger partial charge in [-0.15, -0.1) is 0 Å². The molecule has 0 aliphatic carbocycles. The number of aryl methyl sites for hydroxylation is 1. The van der Waals surface area contributed by atoms with E-state index in [2.05, 4.69) is 15.4 Å². The third-order valence-corrected chi connectivity index (χ3v) is 5.80. The lowest BCUT2D eigenvalue weighted by atomic mass is 10.1. The fraction of sp³-hybridized carbons (Fsp3) is 0.316. The van der Waals surface area contributed by atoms with E-state index in [0.717, 1.165) is 24.9 Å². The van der Waals surface area contributed by atoms with E-state index in [1.165, 1.54) is 0 Å². The van der Waals surface area contributed by atoms with Crippen molar-refractivity contribution in [1.29, 1.82) is 0 Å². The molecule has 1 aliphatic rings. The van der Waals surface area contributed by atoms with Crippen LogP contribution in [-0.2, 0) is 10.0 Å². The highest BCUT2D eigenvalue weighted by molar-refractivity contribution is 7.92. The van der Waals surface area contributed by atoms with E-state index in [0.29, 0.717) is 12.1 Å². The van der Waals surface area contributed by atoms with Gasteiger partial charge in [-0.2, -0.15) is 0 Å². The van der Waals surface area contributed by atoms with Crippen molar-refractivity contribution >= 4 is 21.6 Å². The molecule has 26 heavy (non-hydrogen) atoms. The van der Waals surface area contributed by atoms with Crippen molar-refractivity contribution < 1.29 is 13.2 Å². The maximum atomic E-state index is 12.6. The van der Waals surface area contributed by atoms with Crippen LogP contribution in [0.1, 0.15) is 28.8 Å². The molecule has 0 radical (unpaired) electrons. The van der Waals surface area contributed by atoms with Crippen LogP contribution in [0.5, 0.6) is 0 Å². The van der Waals surface area contributed by atoms with Crippen LogP contribution >= 0.6 is 0 Å². The summed E-state index contributed by atoms with van der Waals surface area (Å²) in [5.41, 5.74) is 1.55. The number of hydrogen-bond donors (Lipinski definition) is 3. The van der Waals surface area contributed by atoms with Gasteiger partial charge in [-0.1, -0.05) is 29.8 Å². The molecule has 0 bridgehead atoms. The number of sulfonamides is 1. The molecule has 0 saturated carbocycles. The van der Waals surface area contributed by atoms with E-state index < -0.39 is 10.0 Å². The summed E-state index contributed by atoms with van der Waals surface area (Å²) in [4.78, 5) is 12.7. The fourth-order valence-electron chi connectivity index (χ4n) is 2.93. The first-order chi connectivity index (χ1) is 12.5. The Morgan fingerprint density at radius 2 is 1.88 bits per heavy atom. The highest BCUT2D eigenvalue weighted by atomic mass is 32.2. The quantitative estimate of drug-likeness (QED) is 0.725. The van der Waals surface area contributed by atoms with Crippen LogP contribution in [0.4, 0.5) is 5.69 Å². The van der Waals surface area contributed by atoms with Crippen LogP contribution in [0.3, 0.4) is 0 Å². The maximum Gasteiger partial charge on any atom is 0.261 e. The Labute approximate surface area is 154 Å². The van der Waals surface area contributed by atoms with E-state index in [1.807, 2.05) is 6.92 Å². The van der Waals surface area contributed by atoms with Gasteiger partial charge in [0.15, 0.2) is 0 Å². The Hall–Kier alpha value is -2.38. The van der Waals surface area contributed by atoms with Crippen molar-refractivity contribution in [3.8, 4) is 0 Å². The van der Waals surface area contributed by atoms with Gasteiger partial charge in [-0.25, -0.2) is 8.42 Å². The standard InChI is InChI=1S/C19H23N3O3S/c1-14-8-10-16(11-9-14)26(24,25)22-18-7-3-2-6-17(18)19(23)21-13-15-5-4-12-20-15/h2-3,6-11,15,20,22H,4-5,12-13H2,1H3,(H,21,23). The van der Waals surface area contributed by atoms with Crippen LogP contribution < -0.4 is 15.4 Å². The molecule has 6 nitrogen and oxygen atoms in total. The second kappa shape index (κ2) is 7.88. The van der Waals surface area contributed by atoms with Gasteiger partial charge in [0.1, 0.15) is 0 Å². The molecular formula is C19H23N3O3S. The van der Waals surface area contributed by atoms with Gasteiger partial charge in [0.2, 0.25) is 0 Å². The largest absolute Gasteiger partial charge is 0.350 e. The van der Waals surface area contributed by atoms with Crippen LogP contribution in [0.15, 0.2) is 53.4 Å². The number of anilines is 1. The lowest BCUT2D eigenvalue weighted by Gasteiger charge is -2.15. The summed E-state index contributed by atoms with van der Waals surface area (Å²) in [7, 11) is -3.76. The normalized spacial score (nSPS) is 17.0. The minimum Gasteiger partial charge on any atom is -0.350 e. The van der Waals surface area contributed by atoms with Gasteiger partial charge in [0.05, 0.1) is 16.1 Å². The van der Waals surface area contributed by atoms with Crippen LogP contribution in [0, 0.1) is 6.92 Å². The first-order valence-corrected chi connectivity index (χ1v) is 10.1. The third-order valence-electron chi connectivity index (χ3n) is 4.42. The van der Waals surface area contributed by atoms with Crippen LogP contribution in [-0.4, -0.2) is 33.5 Å². The number of amides is 1. The van der Waals surface area contributed by atoms with Crippen molar-refractivity contribution in [1.82, 2.24) is 10.6 Å². The Balaban J connectivity index is 1.75. The fourth-order valence-corrected chi connectivity index (χ4v) is 4.01. The molecule has 7 heteroatoms. The maximum absolute atomic E-state index is 12.6. The topological polar surface area (TPSA) is 87.3 Å². The third kappa shape index (κ3) is 4.42. The molecule has 0 aromatic heterocycles. The molecule has 0 spiro atoms. The van der Waals surface area contributed by atoms with E-state index in [9.17, 15) is 13.2 Å². The number of para-hydroxylation sites is 1.